The molecular formula is C25H27ClFN5O. The number of halogens is 2. The van der Waals surface area contributed by atoms with Crippen LogP contribution in [0.15, 0.2) is 42.6 Å². The third-order valence-electron chi connectivity index (χ3n) is 6.58. The van der Waals surface area contributed by atoms with E-state index >= 15 is 0 Å². The zero-order chi connectivity index (χ0) is 23.6. The van der Waals surface area contributed by atoms with E-state index in [1.807, 2.05) is 24.3 Å². The van der Waals surface area contributed by atoms with Crippen molar-refractivity contribution in [3.8, 4) is 23.0 Å². The fraction of sp³-hybridized carbons (Fsp3) is 0.400. The van der Waals surface area contributed by atoms with Gasteiger partial charge in [0, 0.05) is 30.3 Å². The summed E-state index contributed by atoms with van der Waals surface area (Å²) in [5.41, 5.74) is 2.79. The van der Waals surface area contributed by atoms with Gasteiger partial charge in [0.1, 0.15) is 17.2 Å². The zero-order valence-corrected chi connectivity index (χ0v) is 19.6. The number of nitrogens with zero attached hydrogens (tertiary/aromatic N) is 5. The largest absolute Gasteiger partial charge is 0.396 e. The second-order valence-corrected chi connectivity index (χ2v) is 9.76. The summed E-state index contributed by atoms with van der Waals surface area (Å²) in [6, 6.07) is 11.9. The van der Waals surface area contributed by atoms with Crippen molar-refractivity contribution in [1.82, 2.24) is 19.9 Å². The number of aromatic nitrogens is 3. The molecule has 0 spiro atoms. The van der Waals surface area contributed by atoms with Crippen LogP contribution in [0.5, 0.6) is 0 Å². The quantitative estimate of drug-likeness (QED) is 0.561. The minimum Gasteiger partial charge on any atom is -0.396 e. The van der Waals surface area contributed by atoms with Crippen LogP contribution < -0.4 is 0 Å². The molecule has 1 atom stereocenters. The normalized spacial score (nSPS) is 17.2. The monoisotopic (exact) mass is 467 g/mol. The van der Waals surface area contributed by atoms with Gasteiger partial charge < -0.3 is 5.11 Å². The lowest BCUT2D eigenvalue weighted by Gasteiger charge is -2.40. The Labute approximate surface area is 198 Å². The number of aliphatic hydroxyl groups is 1. The third kappa shape index (κ3) is 5.09. The summed E-state index contributed by atoms with van der Waals surface area (Å²) >= 11 is 6.62. The minimum absolute atomic E-state index is 0.0907. The molecular weight excluding hydrogens is 441 g/mol. The smallest absolute Gasteiger partial charge is 0.150 e. The van der Waals surface area contributed by atoms with E-state index in [-0.39, 0.29) is 23.3 Å². The second kappa shape index (κ2) is 9.60. The number of likely N-dealkylation sites (tertiary alicyclic amines) is 1. The Kier molecular flexibility index (Phi) is 6.80. The van der Waals surface area contributed by atoms with E-state index in [9.17, 15) is 9.50 Å². The van der Waals surface area contributed by atoms with Gasteiger partial charge in [0.15, 0.2) is 0 Å². The second-order valence-electron chi connectivity index (χ2n) is 9.35. The number of nitriles is 1. The highest BCUT2D eigenvalue weighted by molar-refractivity contribution is 6.31. The van der Waals surface area contributed by atoms with Crippen LogP contribution in [0, 0.1) is 28.5 Å². The number of rotatable bonds is 6. The summed E-state index contributed by atoms with van der Waals surface area (Å²) in [6.07, 6.45) is 3.88. The molecule has 0 radical (unpaired) electrons. The van der Waals surface area contributed by atoms with Crippen molar-refractivity contribution in [3.05, 3.63) is 64.6 Å². The number of benzene rings is 2. The molecule has 1 fully saturated rings. The lowest BCUT2D eigenvalue weighted by atomic mass is 9.75. The van der Waals surface area contributed by atoms with Gasteiger partial charge in [-0.2, -0.15) is 5.26 Å². The Morgan fingerprint density at radius 2 is 2.09 bits per heavy atom. The molecule has 1 aliphatic heterocycles. The Balaban J connectivity index is 1.49. The molecule has 172 valence electrons. The first-order valence-electron chi connectivity index (χ1n) is 11.0. The van der Waals surface area contributed by atoms with Gasteiger partial charge in [-0.1, -0.05) is 42.8 Å². The molecule has 0 aliphatic carbocycles. The first-order valence-corrected chi connectivity index (χ1v) is 11.4. The predicted molar refractivity (Wildman–Crippen MR) is 125 cm³/mol. The Hall–Kier alpha value is -2.79. The van der Waals surface area contributed by atoms with E-state index in [4.69, 9.17) is 16.9 Å². The van der Waals surface area contributed by atoms with Gasteiger partial charge in [-0.3, -0.25) is 4.90 Å². The third-order valence-corrected chi connectivity index (χ3v) is 6.93. The molecule has 33 heavy (non-hydrogen) atoms. The number of hydrogen-bond donors (Lipinski definition) is 1. The molecule has 2 aromatic carbocycles. The molecule has 0 unspecified atom stereocenters. The van der Waals surface area contributed by atoms with Crippen LogP contribution >= 0.6 is 11.6 Å². The first-order chi connectivity index (χ1) is 15.8. The van der Waals surface area contributed by atoms with E-state index in [0.717, 1.165) is 43.6 Å². The highest BCUT2D eigenvalue weighted by Gasteiger charge is 2.32. The van der Waals surface area contributed by atoms with E-state index in [2.05, 4.69) is 29.1 Å². The van der Waals surface area contributed by atoms with Gasteiger partial charge in [0.2, 0.25) is 0 Å². The highest BCUT2D eigenvalue weighted by atomic mass is 35.5. The maximum absolute atomic E-state index is 14.3. The molecule has 4 rings (SSSR count). The van der Waals surface area contributed by atoms with Crippen LogP contribution in [0.3, 0.4) is 0 Å². The lowest BCUT2D eigenvalue weighted by molar-refractivity contribution is 0.0382. The van der Waals surface area contributed by atoms with Crippen molar-refractivity contribution in [1.29, 1.82) is 5.26 Å². The summed E-state index contributed by atoms with van der Waals surface area (Å²) < 4.78 is 15.7. The van der Waals surface area contributed by atoms with Gasteiger partial charge in [-0.15, -0.1) is 5.10 Å². The van der Waals surface area contributed by atoms with Crippen LogP contribution in [0.2, 0.25) is 5.02 Å². The van der Waals surface area contributed by atoms with Crippen molar-refractivity contribution in [2.45, 2.75) is 33.2 Å². The molecule has 1 aromatic heterocycles. The standard InChI is InChI=1S/C25H27ClFN5O/c1-25(2,16-33)20-4-3-9-31(14-20)13-19-7-6-18(11-21(19)26)23-15-32(30-29-23)24-8-5-17(12-28)10-22(24)27/h5-8,10-11,15,20,33H,3-4,9,13-14,16H2,1-2H3/t20-/m0/s1. The minimum atomic E-state index is -0.539. The topological polar surface area (TPSA) is 78.0 Å². The number of piperidine rings is 1. The molecule has 0 saturated carbocycles. The number of aliphatic hydroxyl groups excluding tert-OH is 1. The molecule has 8 heteroatoms. The van der Waals surface area contributed by atoms with E-state index in [0.29, 0.717) is 16.6 Å². The predicted octanol–water partition coefficient (Wildman–Crippen LogP) is 4.83. The summed E-state index contributed by atoms with van der Waals surface area (Å²) in [7, 11) is 0. The molecule has 2 heterocycles. The maximum Gasteiger partial charge on any atom is 0.150 e. The van der Waals surface area contributed by atoms with Gasteiger partial charge in [0.25, 0.3) is 0 Å². The Morgan fingerprint density at radius 3 is 2.79 bits per heavy atom. The van der Waals surface area contributed by atoms with Gasteiger partial charge in [0.05, 0.1) is 17.8 Å². The van der Waals surface area contributed by atoms with Crippen molar-refractivity contribution in [2.24, 2.45) is 11.3 Å². The summed E-state index contributed by atoms with van der Waals surface area (Å²) in [4.78, 5) is 2.40. The molecule has 0 bridgehead atoms. The van der Waals surface area contributed by atoms with Gasteiger partial charge in [-0.05, 0) is 60.5 Å². The van der Waals surface area contributed by atoms with E-state index in [1.54, 1.807) is 6.20 Å². The highest BCUT2D eigenvalue weighted by Crippen LogP contribution is 2.34. The molecule has 1 N–H and O–H groups in total. The van der Waals surface area contributed by atoms with Crippen molar-refractivity contribution in [2.75, 3.05) is 19.7 Å². The van der Waals surface area contributed by atoms with Crippen LogP contribution in [0.1, 0.15) is 37.8 Å². The zero-order valence-electron chi connectivity index (χ0n) is 18.8. The molecule has 1 aliphatic rings. The van der Waals surface area contributed by atoms with Crippen molar-refractivity contribution >= 4 is 11.6 Å². The molecule has 0 amide bonds. The van der Waals surface area contributed by atoms with Crippen LogP contribution in [0.4, 0.5) is 4.39 Å². The van der Waals surface area contributed by atoms with E-state index < -0.39 is 5.82 Å². The number of hydrogen-bond acceptors (Lipinski definition) is 5. The molecule has 6 nitrogen and oxygen atoms in total. The maximum atomic E-state index is 14.3. The molecule has 1 saturated heterocycles. The van der Waals surface area contributed by atoms with Gasteiger partial charge in [-0.25, -0.2) is 9.07 Å². The average molecular weight is 468 g/mol. The molecule has 3 aromatic rings. The fourth-order valence-electron chi connectivity index (χ4n) is 4.32. The Bertz CT molecular complexity index is 1190. The van der Waals surface area contributed by atoms with Crippen LogP contribution in [-0.4, -0.2) is 44.7 Å². The van der Waals surface area contributed by atoms with Crippen molar-refractivity contribution < 1.29 is 9.50 Å². The van der Waals surface area contributed by atoms with Crippen LogP contribution in [0.25, 0.3) is 16.9 Å². The van der Waals surface area contributed by atoms with Crippen molar-refractivity contribution in [3.63, 3.8) is 0 Å². The SMILES string of the molecule is CC(C)(CO)[C@H]1CCCN(Cc2ccc(-c3cn(-c4ccc(C#N)cc4F)nn3)cc2Cl)C1. The Morgan fingerprint density at radius 1 is 1.27 bits per heavy atom. The summed E-state index contributed by atoms with van der Waals surface area (Å²) in [5.74, 6) is -0.0879. The van der Waals surface area contributed by atoms with E-state index in [1.165, 1.54) is 22.9 Å². The summed E-state index contributed by atoms with van der Waals surface area (Å²) in [5, 5.41) is 27.5. The van der Waals surface area contributed by atoms with Gasteiger partial charge >= 0.3 is 0 Å². The summed E-state index contributed by atoms with van der Waals surface area (Å²) in [6.45, 7) is 7.14. The lowest BCUT2D eigenvalue weighted by Crippen LogP contribution is -2.42. The van der Waals surface area contributed by atoms with Crippen LogP contribution in [-0.2, 0) is 6.54 Å². The first kappa shape index (κ1) is 23.4. The average Bonchev–Trinajstić information content (AvgIpc) is 3.30. The fourth-order valence-corrected chi connectivity index (χ4v) is 4.56.